The molecule has 3 nitrogen and oxygen atoms in total. The van der Waals surface area contributed by atoms with Crippen LogP contribution in [0.1, 0.15) is 19.4 Å². The fourth-order valence-corrected chi connectivity index (χ4v) is 3.17. The van der Waals surface area contributed by atoms with Gasteiger partial charge in [0.2, 0.25) is 0 Å². The van der Waals surface area contributed by atoms with Crippen LogP contribution in [0.3, 0.4) is 0 Å². The highest BCUT2D eigenvalue weighted by Crippen LogP contribution is 2.32. The van der Waals surface area contributed by atoms with Crippen LogP contribution in [0, 0.1) is 12.1 Å². The van der Waals surface area contributed by atoms with Crippen molar-refractivity contribution in [2.45, 2.75) is 20.4 Å². The summed E-state index contributed by atoms with van der Waals surface area (Å²) in [5.74, 6) is 0.671. The largest absolute Gasteiger partial charge is 0.312 e. The number of nitrogens with zero attached hydrogens (tertiary/aromatic N) is 2. The molecule has 1 radical (unpaired) electrons. The van der Waals surface area contributed by atoms with Gasteiger partial charge in [0, 0.05) is 11.4 Å². The van der Waals surface area contributed by atoms with E-state index in [9.17, 15) is 0 Å². The maximum atomic E-state index is 4.27. The molecule has 21 heavy (non-hydrogen) atoms. The molecule has 0 aliphatic heterocycles. The Balaban J connectivity index is 1.81. The lowest BCUT2D eigenvalue weighted by Gasteiger charge is -2.08. The van der Waals surface area contributed by atoms with Crippen LogP contribution >= 0.6 is 11.3 Å². The molecule has 0 spiro atoms. The fraction of sp³-hybridized carbons (Fsp3) is 0.294. The summed E-state index contributed by atoms with van der Waals surface area (Å²) in [5.41, 5.74) is 3.50. The topological polar surface area (TPSA) is 37.8 Å². The maximum absolute atomic E-state index is 4.27. The number of thiophene rings is 1. The number of benzene rings is 1. The third-order valence-corrected chi connectivity index (χ3v) is 4.30. The van der Waals surface area contributed by atoms with Crippen LogP contribution in [-0.2, 0) is 6.54 Å². The average molecular weight is 296 g/mol. The third kappa shape index (κ3) is 3.46. The number of fused-ring (bicyclic) bond motifs is 1. The molecule has 0 aliphatic rings. The van der Waals surface area contributed by atoms with Gasteiger partial charge in [-0.25, -0.2) is 9.97 Å². The summed E-state index contributed by atoms with van der Waals surface area (Å²) >= 11 is 1.69. The molecule has 0 saturated heterocycles. The summed E-state index contributed by atoms with van der Waals surface area (Å²) in [7, 11) is 0. The van der Waals surface area contributed by atoms with Gasteiger partial charge in [0.15, 0.2) is 0 Å². The zero-order valence-corrected chi connectivity index (χ0v) is 13.1. The monoisotopic (exact) mass is 296 g/mol. The summed E-state index contributed by atoms with van der Waals surface area (Å²) in [5, 5.41) is 3.48. The van der Waals surface area contributed by atoms with Crippen molar-refractivity contribution in [2.75, 3.05) is 6.54 Å². The Morgan fingerprint density at radius 1 is 1.29 bits per heavy atom. The van der Waals surface area contributed by atoms with E-state index in [1.54, 1.807) is 17.7 Å². The van der Waals surface area contributed by atoms with Crippen LogP contribution in [0.5, 0.6) is 0 Å². The van der Waals surface area contributed by atoms with Crippen LogP contribution in [-0.4, -0.2) is 16.5 Å². The van der Waals surface area contributed by atoms with Crippen molar-refractivity contribution in [1.29, 1.82) is 0 Å². The zero-order chi connectivity index (χ0) is 14.7. The summed E-state index contributed by atoms with van der Waals surface area (Å²) in [6.45, 7) is 6.39. The second kappa shape index (κ2) is 6.33. The van der Waals surface area contributed by atoms with Crippen molar-refractivity contribution < 1.29 is 0 Å². The van der Waals surface area contributed by atoms with Crippen LogP contribution in [0.2, 0.25) is 0 Å². The van der Waals surface area contributed by atoms with Crippen LogP contribution in [0.25, 0.3) is 20.7 Å². The van der Waals surface area contributed by atoms with Crippen molar-refractivity contribution in [1.82, 2.24) is 15.3 Å². The van der Waals surface area contributed by atoms with Crippen LogP contribution in [0.4, 0.5) is 0 Å². The number of aromatic nitrogens is 2. The fourth-order valence-electron chi connectivity index (χ4n) is 2.22. The highest BCUT2D eigenvalue weighted by Gasteiger charge is 2.06. The molecule has 1 N–H and O–H groups in total. The quantitative estimate of drug-likeness (QED) is 0.776. The minimum atomic E-state index is 0.671. The predicted molar refractivity (Wildman–Crippen MR) is 88.2 cm³/mol. The third-order valence-electron chi connectivity index (χ3n) is 3.23. The molecule has 3 rings (SSSR count). The van der Waals surface area contributed by atoms with E-state index >= 15 is 0 Å². The molecule has 4 heteroatoms. The number of hydrogen-bond acceptors (Lipinski definition) is 4. The van der Waals surface area contributed by atoms with Gasteiger partial charge in [0.1, 0.15) is 12.5 Å². The highest BCUT2D eigenvalue weighted by atomic mass is 32.1. The molecular formula is C17H18N3S. The van der Waals surface area contributed by atoms with Crippen molar-refractivity contribution in [3.63, 3.8) is 0 Å². The maximum Gasteiger partial charge on any atom is 0.116 e. The zero-order valence-electron chi connectivity index (χ0n) is 12.3. The Kier molecular flexibility index (Phi) is 4.27. The van der Waals surface area contributed by atoms with Gasteiger partial charge < -0.3 is 5.32 Å². The second-order valence-corrected chi connectivity index (χ2v) is 6.59. The Morgan fingerprint density at radius 3 is 3.00 bits per heavy atom. The minimum Gasteiger partial charge on any atom is -0.312 e. The first-order valence-electron chi connectivity index (χ1n) is 7.14. The highest BCUT2D eigenvalue weighted by molar-refractivity contribution is 7.22. The van der Waals surface area contributed by atoms with Crippen molar-refractivity contribution in [2.24, 2.45) is 5.92 Å². The normalized spacial score (nSPS) is 11.4. The van der Waals surface area contributed by atoms with E-state index in [-0.39, 0.29) is 0 Å². The Hall–Kier alpha value is -1.78. The Bertz CT molecular complexity index is 700. The van der Waals surface area contributed by atoms with Gasteiger partial charge in [0.25, 0.3) is 0 Å². The van der Waals surface area contributed by atoms with Crippen molar-refractivity contribution in [3.05, 3.63) is 48.4 Å². The van der Waals surface area contributed by atoms with Crippen molar-refractivity contribution >= 4 is 21.6 Å². The SMILES string of the molecule is CC(C)CNCc1cccc(-c2cc3ncn[c]c3s2)c1. The molecule has 107 valence electrons. The molecule has 0 unspecified atom stereocenters. The molecular weight excluding hydrogens is 278 g/mol. The van der Waals surface area contributed by atoms with Gasteiger partial charge in [-0.2, -0.15) is 0 Å². The molecule has 0 fully saturated rings. The van der Waals surface area contributed by atoms with Gasteiger partial charge in [-0.05, 0) is 35.7 Å². The average Bonchev–Trinajstić information content (AvgIpc) is 2.91. The predicted octanol–water partition coefficient (Wildman–Crippen LogP) is 3.90. The summed E-state index contributed by atoms with van der Waals surface area (Å²) in [6.07, 6.45) is 4.54. The molecule has 0 saturated carbocycles. The molecule has 2 heterocycles. The van der Waals surface area contributed by atoms with Gasteiger partial charge in [-0.15, -0.1) is 11.3 Å². The first-order valence-corrected chi connectivity index (χ1v) is 7.96. The van der Waals surface area contributed by atoms with Crippen LogP contribution in [0.15, 0.2) is 36.7 Å². The van der Waals surface area contributed by atoms with E-state index in [4.69, 9.17) is 0 Å². The molecule has 0 amide bonds. The minimum absolute atomic E-state index is 0.671. The van der Waals surface area contributed by atoms with Gasteiger partial charge >= 0.3 is 0 Å². The number of hydrogen-bond donors (Lipinski definition) is 1. The standard InChI is InChI=1S/C17H18N3S/c1-12(2)8-18-9-13-4-3-5-14(6-13)16-7-15-17(21-16)10-19-11-20-15/h3-7,11-12,18H,8-9H2,1-2H3. The van der Waals surface area contributed by atoms with Crippen LogP contribution < -0.4 is 5.32 Å². The number of rotatable bonds is 5. The first kappa shape index (κ1) is 14.2. The Morgan fingerprint density at radius 2 is 2.19 bits per heavy atom. The Labute approximate surface area is 129 Å². The smallest absolute Gasteiger partial charge is 0.116 e. The second-order valence-electron chi connectivity index (χ2n) is 5.54. The number of nitrogens with one attached hydrogen (secondary N) is 1. The van der Waals surface area contributed by atoms with E-state index in [2.05, 4.69) is 65.7 Å². The first-order chi connectivity index (χ1) is 10.2. The molecule has 2 aromatic heterocycles. The lowest BCUT2D eigenvalue weighted by atomic mass is 10.1. The molecule has 0 aliphatic carbocycles. The molecule has 0 bridgehead atoms. The summed E-state index contributed by atoms with van der Waals surface area (Å²) in [4.78, 5) is 9.45. The van der Waals surface area contributed by atoms with Gasteiger partial charge in [0.05, 0.1) is 10.2 Å². The van der Waals surface area contributed by atoms with Gasteiger partial charge in [-0.3, -0.25) is 0 Å². The van der Waals surface area contributed by atoms with E-state index in [0.29, 0.717) is 5.92 Å². The summed E-state index contributed by atoms with van der Waals surface area (Å²) in [6, 6.07) is 10.8. The van der Waals surface area contributed by atoms with E-state index in [0.717, 1.165) is 23.3 Å². The summed E-state index contributed by atoms with van der Waals surface area (Å²) < 4.78 is 1.01. The lowest BCUT2D eigenvalue weighted by molar-refractivity contribution is 0.552. The molecule has 0 atom stereocenters. The van der Waals surface area contributed by atoms with Gasteiger partial charge in [-0.1, -0.05) is 32.0 Å². The van der Waals surface area contributed by atoms with Crippen molar-refractivity contribution in [3.8, 4) is 10.4 Å². The lowest BCUT2D eigenvalue weighted by Crippen LogP contribution is -2.18. The van der Waals surface area contributed by atoms with E-state index in [1.807, 2.05) is 0 Å². The molecule has 3 aromatic rings. The van der Waals surface area contributed by atoms with E-state index < -0.39 is 0 Å². The van der Waals surface area contributed by atoms with E-state index in [1.165, 1.54) is 16.0 Å². The molecule has 1 aromatic carbocycles.